The van der Waals surface area contributed by atoms with Crippen molar-refractivity contribution in [3.63, 3.8) is 0 Å². The molecule has 0 saturated heterocycles. The Morgan fingerprint density at radius 1 is 1.38 bits per heavy atom. The quantitative estimate of drug-likeness (QED) is 0.692. The molecule has 2 nitrogen and oxygen atoms in total. The third-order valence-electron chi connectivity index (χ3n) is 1.93. The van der Waals surface area contributed by atoms with Crippen LogP contribution in [-0.4, -0.2) is 17.4 Å². The van der Waals surface area contributed by atoms with E-state index >= 15 is 0 Å². The molecule has 0 spiro atoms. The van der Waals surface area contributed by atoms with E-state index in [9.17, 15) is 4.79 Å². The Balaban J connectivity index is 2.78. The summed E-state index contributed by atoms with van der Waals surface area (Å²) in [5, 5.41) is 0. The molecule has 0 fully saturated rings. The molecule has 2 heteroatoms. The van der Waals surface area contributed by atoms with E-state index in [-0.39, 0.29) is 5.91 Å². The number of hydrogen-bond acceptors (Lipinski definition) is 1. The lowest BCUT2D eigenvalue weighted by Crippen LogP contribution is -2.27. The predicted molar refractivity (Wildman–Crippen MR) is 53.1 cm³/mol. The first-order valence-electron chi connectivity index (χ1n) is 4.45. The fraction of sp³-hybridized carbons (Fsp3) is 0.273. The van der Waals surface area contributed by atoms with Crippen molar-refractivity contribution in [2.45, 2.75) is 13.8 Å². The van der Waals surface area contributed by atoms with Crippen molar-refractivity contribution in [3.05, 3.63) is 42.4 Å². The molecule has 0 unspecified atom stereocenters. The van der Waals surface area contributed by atoms with Crippen LogP contribution in [0.5, 0.6) is 0 Å². The minimum atomic E-state index is 0.0607. The molecule has 0 heterocycles. The SMILES string of the molecule is C[CH]N(CC)C(=O)c1ccccc1. The highest BCUT2D eigenvalue weighted by Gasteiger charge is 2.10. The van der Waals surface area contributed by atoms with Gasteiger partial charge in [-0.25, -0.2) is 0 Å². The zero-order valence-electron chi connectivity index (χ0n) is 8.03. The number of carbonyl (C=O) groups excluding carboxylic acids is 1. The number of nitrogens with zero attached hydrogens (tertiary/aromatic N) is 1. The first-order valence-corrected chi connectivity index (χ1v) is 4.45. The summed E-state index contributed by atoms with van der Waals surface area (Å²) >= 11 is 0. The highest BCUT2D eigenvalue weighted by molar-refractivity contribution is 5.94. The molecule has 1 aromatic rings. The summed E-state index contributed by atoms with van der Waals surface area (Å²) in [4.78, 5) is 13.4. The number of hydrogen-bond donors (Lipinski definition) is 0. The zero-order chi connectivity index (χ0) is 9.68. The molecule has 0 aliphatic carbocycles. The van der Waals surface area contributed by atoms with Gasteiger partial charge in [-0.2, -0.15) is 0 Å². The number of rotatable bonds is 3. The number of amides is 1. The van der Waals surface area contributed by atoms with Gasteiger partial charge in [0.2, 0.25) is 0 Å². The molecule has 0 N–H and O–H groups in total. The van der Waals surface area contributed by atoms with Gasteiger partial charge in [-0.05, 0) is 26.0 Å². The van der Waals surface area contributed by atoms with E-state index in [1.54, 1.807) is 11.4 Å². The molecule has 1 radical (unpaired) electrons. The summed E-state index contributed by atoms with van der Waals surface area (Å²) in [5.41, 5.74) is 0.738. The van der Waals surface area contributed by atoms with Crippen LogP contribution in [0.4, 0.5) is 0 Å². The molecule has 13 heavy (non-hydrogen) atoms. The van der Waals surface area contributed by atoms with Crippen molar-refractivity contribution >= 4 is 5.91 Å². The smallest absolute Gasteiger partial charge is 0.254 e. The van der Waals surface area contributed by atoms with E-state index in [0.29, 0.717) is 6.54 Å². The van der Waals surface area contributed by atoms with Crippen LogP contribution in [0.1, 0.15) is 24.2 Å². The molecule has 69 valence electrons. The third kappa shape index (κ3) is 2.31. The number of benzene rings is 1. The van der Waals surface area contributed by atoms with Crippen LogP contribution >= 0.6 is 0 Å². The second-order valence-corrected chi connectivity index (χ2v) is 2.72. The topological polar surface area (TPSA) is 20.3 Å². The van der Waals surface area contributed by atoms with Crippen molar-refractivity contribution in [2.24, 2.45) is 0 Å². The van der Waals surface area contributed by atoms with Crippen LogP contribution in [0, 0.1) is 6.54 Å². The van der Waals surface area contributed by atoms with Gasteiger partial charge in [0.05, 0.1) is 0 Å². The zero-order valence-corrected chi connectivity index (χ0v) is 8.03. The second-order valence-electron chi connectivity index (χ2n) is 2.72. The van der Waals surface area contributed by atoms with Crippen molar-refractivity contribution in [3.8, 4) is 0 Å². The van der Waals surface area contributed by atoms with Crippen molar-refractivity contribution < 1.29 is 4.79 Å². The van der Waals surface area contributed by atoms with Crippen LogP contribution in [0.15, 0.2) is 30.3 Å². The van der Waals surface area contributed by atoms with Crippen LogP contribution in [0.25, 0.3) is 0 Å². The monoisotopic (exact) mass is 176 g/mol. The largest absolute Gasteiger partial charge is 0.334 e. The van der Waals surface area contributed by atoms with Gasteiger partial charge >= 0.3 is 0 Å². The van der Waals surface area contributed by atoms with Gasteiger partial charge in [-0.3, -0.25) is 4.79 Å². The molecule has 0 saturated carbocycles. The highest BCUT2D eigenvalue weighted by Crippen LogP contribution is 2.05. The number of carbonyl (C=O) groups is 1. The van der Waals surface area contributed by atoms with Gasteiger partial charge < -0.3 is 4.90 Å². The van der Waals surface area contributed by atoms with Crippen molar-refractivity contribution in [1.29, 1.82) is 0 Å². The molecule has 0 aromatic heterocycles. The fourth-order valence-electron chi connectivity index (χ4n) is 1.19. The summed E-state index contributed by atoms with van der Waals surface area (Å²) in [6.45, 7) is 6.34. The molecule has 1 aromatic carbocycles. The Morgan fingerprint density at radius 3 is 2.46 bits per heavy atom. The van der Waals surface area contributed by atoms with Crippen LogP contribution in [0.3, 0.4) is 0 Å². The summed E-state index contributed by atoms with van der Waals surface area (Å²) in [5.74, 6) is 0.0607. The Kier molecular flexibility index (Phi) is 3.50. The molecule has 0 bridgehead atoms. The summed E-state index contributed by atoms with van der Waals surface area (Å²) < 4.78 is 0. The minimum absolute atomic E-state index is 0.0607. The van der Waals surface area contributed by atoms with E-state index in [2.05, 4.69) is 0 Å². The van der Waals surface area contributed by atoms with Crippen molar-refractivity contribution in [1.82, 2.24) is 4.90 Å². The molecular formula is C11H14NO. The van der Waals surface area contributed by atoms with Crippen molar-refractivity contribution in [2.75, 3.05) is 6.54 Å². The van der Waals surface area contributed by atoms with Crippen LogP contribution < -0.4 is 0 Å². The van der Waals surface area contributed by atoms with E-state index in [1.807, 2.05) is 44.2 Å². The van der Waals surface area contributed by atoms with Crippen LogP contribution in [0.2, 0.25) is 0 Å². The summed E-state index contributed by atoms with van der Waals surface area (Å²) in [6, 6.07) is 9.30. The maximum absolute atomic E-state index is 11.7. The van der Waals surface area contributed by atoms with E-state index < -0.39 is 0 Å². The maximum atomic E-state index is 11.7. The molecule has 0 aliphatic heterocycles. The fourth-order valence-corrected chi connectivity index (χ4v) is 1.19. The van der Waals surface area contributed by atoms with Gasteiger partial charge in [0, 0.05) is 18.7 Å². The molecule has 0 atom stereocenters. The Morgan fingerprint density at radius 2 is 2.00 bits per heavy atom. The lowest BCUT2D eigenvalue weighted by Gasteiger charge is -2.17. The maximum Gasteiger partial charge on any atom is 0.254 e. The van der Waals surface area contributed by atoms with Gasteiger partial charge in [0.25, 0.3) is 5.91 Å². The average Bonchev–Trinajstić information content (AvgIpc) is 2.21. The predicted octanol–water partition coefficient (Wildman–Crippen LogP) is 2.33. The first kappa shape index (κ1) is 9.78. The second kappa shape index (κ2) is 4.65. The standard InChI is InChI=1S/C11H14NO/c1-3-12(4-2)11(13)10-8-6-5-7-9-10/h3,5-9H,4H2,1-2H3. The molecule has 1 amide bonds. The first-order chi connectivity index (χ1) is 6.29. The lowest BCUT2D eigenvalue weighted by molar-refractivity contribution is 0.0807. The Hall–Kier alpha value is -1.31. The Labute approximate surface area is 79.2 Å². The normalized spacial score (nSPS) is 9.69. The highest BCUT2D eigenvalue weighted by atomic mass is 16.2. The molecule has 1 rings (SSSR count). The van der Waals surface area contributed by atoms with Crippen LogP contribution in [-0.2, 0) is 0 Å². The molecular weight excluding hydrogens is 162 g/mol. The van der Waals surface area contributed by atoms with Gasteiger partial charge in [-0.15, -0.1) is 0 Å². The molecule has 0 aliphatic rings. The summed E-state index contributed by atoms with van der Waals surface area (Å²) in [6.07, 6.45) is 0. The Bertz CT molecular complexity index is 265. The van der Waals surface area contributed by atoms with Gasteiger partial charge in [0.1, 0.15) is 0 Å². The average molecular weight is 176 g/mol. The van der Waals surface area contributed by atoms with E-state index in [4.69, 9.17) is 0 Å². The van der Waals surface area contributed by atoms with Gasteiger partial charge in [-0.1, -0.05) is 18.2 Å². The minimum Gasteiger partial charge on any atom is -0.334 e. The van der Waals surface area contributed by atoms with Gasteiger partial charge in [0.15, 0.2) is 0 Å². The third-order valence-corrected chi connectivity index (χ3v) is 1.93. The van der Waals surface area contributed by atoms with E-state index in [0.717, 1.165) is 5.56 Å². The van der Waals surface area contributed by atoms with E-state index in [1.165, 1.54) is 0 Å². The lowest BCUT2D eigenvalue weighted by atomic mass is 10.2. The summed E-state index contributed by atoms with van der Waals surface area (Å²) in [7, 11) is 0.